The lowest BCUT2D eigenvalue weighted by Crippen LogP contribution is -2.37. The van der Waals surface area contributed by atoms with Crippen LogP contribution in [0.3, 0.4) is 0 Å². The second-order valence-corrected chi connectivity index (χ2v) is 6.28. The molecule has 1 aromatic rings. The number of carbonyl (C=O) groups excluding carboxylic acids is 1. The van der Waals surface area contributed by atoms with Crippen LogP contribution in [0.25, 0.3) is 0 Å². The van der Waals surface area contributed by atoms with Gasteiger partial charge in [0.15, 0.2) is 0 Å². The van der Waals surface area contributed by atoms with E-state index in [1.807, 2.05) is 27.7 Å². The van der Waals surface area contributed by atoms with E-state index in [1.54, 1.807) is 36.2 Å². The molecule has 0 saturated heterocycles. The van der Waals surface area contributed by atoms with E-state index >= 15 is 0 Å². The van der Waals surface area contributed by atoms with Gasteiger partial charge in [-0.05, 0) is 23.1 Å². The van der Waals surface area contributed by atoms with E-state index in [0.29, 0.717) is 6.54 Å². The van der Waals surface area contributed by atoms with Crippen LogP contribution in [0.5, 0.6) is 0 Å². The minimum Gasteiger partial charge on any atom is -0.478 e. The molecule has 1 atom stereocenters. The van der Waals surface area contributed by atoms with E-state index in [4.69, 9.17) is 5.11 Å². The lowest BCUT2D eigenvalue weighted by Gasteiger charge is -2.30. The van der Waals surface area contributed by atoms with Crippen molar-refractivity contribution >= 4 is 11.9 Å². The van der Waals surface area contributed by atoms with Gasteiger partial charge in [-0.1, -0.05) is 39.8 Å². The van der Waals surface area contributed by atoms with Gasteiger partial charge >= 0.3 is 5.97 Å². The largest absolute Gasteiger partial charge is 0.478 e. The van der Waals surface area contributed by atoms with Crippen molar-refractivity contribution in [2.45, 2.75) is 34.2 Å². The minimum absolute atomic E-state index is 0.0641. The summed E-state index contributed by atoms with van der Waals surface area (Å²) >= 11 is 0. The fourth-order valence-electron chi connectivity index (χ4n) is 1.81. The van der Waals surface area contributed by atoms with Gasteiger partial charge in [0.2, 0.25) is 5.91 Å². The summed E-state index contributed by atoms with van der Waals surface area (Å²) in [6.45, 7) is 8.56. The highest BCUT2D eigenvalue weighted by Crippen LogP contribution is 2.27. The van der Waals surface area contributed by atoms with Gasteiger partial charge in [-0.15, -0.1) is 0 Å². The molecule has 0 spiro atoms. The predicted octanol–water partition coefficient (Wildman–Crippen LogP) is 3.03. The first-order valence-corrected chi connectivity index (χ1v) is 6.70. The molecule has 0 radical (unpaired) electrons. The van der Waals surface area contributed by atoms with Crippen molar-refractivity contribution in [2.24, 2.45) is 11.3 Å². The van der Waals surface area contributed by atoms with E-state index in [0.717, 1.165) is 5.56 Å². The average molecular weight is 277 g/mol. The first kappa shape index (κ1) is 16.2. The summed E-state index contributed by atoms with van der Waals surface area (Å²) in [7, 11) is 1.77. The molecule has 4 nitrogen and oxygen atoms in total. The Balaban J connectivity index is 2.73. The number of hydrogen-bond acceptors (Lipinski definition) is 2. The smallest absolute Gasteiger partial charge is 0.335 e. The number of carbonyl (C=O) groups is 2. The van der Waals surface area contributed by atoms with Crippen LogP contribution in [0, 0.1) is 11.3 Å². The number of hydrogen-bond donors (Lipinski definition) is 1. The van der Waals surface area contributed by atoms with Gasteiger partial charge in [0.1, 0.15) is 0 Å². The topological polar surface area (TPSA) is 57.6 Å². The van der Waals surface area contributed by atoms with E-state index in [1.165, 1.54) is 0 Å². The highest BCUT2D eigenvalue weighted by Gasteiger charge is 2.28. The Morgan fingerprint density at radius 1 is 1.20 bits per heavy atom. The minimum atomic E-state index is -0.942. The molecule has 0 bridgehead atoms. The van der Waals surface area contributed by atoms with Crippen LogP contribution in [0.4, 0.5) is 0 Å². The average Bonchev–Trinajstić information content (AvgIpc) is 2.36. The molecule has 1 rings (SSSR count). The summed E-state index contributed by atoms with van der Waals surface area (Å²) in [5, 5.41) is 8.84. The third-order valence-electron chi connectivity index (χ3n) is 3.67. The Kier molecular flexibility index (Phi) is 4.93. The second-order valence-electron chi connectivity index (χ2n) is 6.28. The molecule has 0 saturated carbocycles. The molecule has 0 aromatic heterocycles. The summed E-state index contributed by atoms with van der Waals surface area (Å²) < 4.78 is 0. The molecule has 0 aliphatic carbocycles. The molecule has 1 amide bonds. The van der Waals surface area contributed by atoms with Crippen LogP contribution in [0.2, 0.25) is 0 Å². The number of carboxylic acid groups (broad SMARTS) is 1. The molecular weight excluding hydrogens is 254 g/mol. The summed E-state index contributed by atoms with van der Waals surface area (Å²) in [6.07, 6.45) is 0. The van der Waals surface area contributed by atoms with E-state index in [-0.39, 0.29) is 22.8 Å². The molecule has 110 valence electrons. The van der Waals surface area contributed by atoms with Crippen molar-refractivity contribution in [1.29, 1.82) is 0 Å². The molecule has 4 heteroatoms. The van der Waals surface area contributed by atoms with Gasteiger partial charge in [0.25, 0.3) is 0 Å². The van der Waals surface area contributed by atoms with Crippen molar-refractivity contribution in [3.63, 3.8) is 0 Å². The SMILES string of the molecule is CC(C(=O)N(C)Cc1ccc(C(=O)O)cc1)C(C)(C)C. The maximum absolute atomic E-state index is 12.3. The van der Waals surface area contributed by atoms with Crippen molar-refractivity contribution in [3.8, 4) is 0 Å². The van der Waals surface area contributed by atoms with Crippen LogP contribution < -0.4 is 0 Å². The molecule has 0 aliphatic heterocycles. The van der Waals surface area contributed by atoms with Crippen LogP contribution >= 0.6 is 0 Å². The number of carboxylic acids is 1. The summed E-state index contributed by atoms with van der Waals surface area (Å²) in [5.41, 5.74) is 1.11. The van der Waals surface area contributed by atoms with Gasteiger partial charge in [0.05, 0.1) is 5.56 Å². The van der Waals surface area contributed by atoms with E-state index in [2.05, 4.69) is 0 Å². The predicted molar refractivity (Wildman–Crippen MR) is 78.5 cm³/mol. The van der Waals surface area contributed by atoms with Crippen LogP contribution in [-0.4, -0.2) is 28.9 Å². The summed E-state index contributed by atoms with van der Waals surface area (Å²) in [5.74, 6) is -0.909. The van der Waals surface area contributed by atoms with Crippen molar-refractivity contribution in [3.05, 3.63) is 35.4 Å². The van der Waals surface area contributed by atoms with Gasteiger partial charge in [-0.2, -0.15) is 0 Å². The Morgan fingerprint density at radius 3 is 2.10 bits per heavy atom. The Morgan fingerprint density at radius 2 is 1.70 bits per heavy atom. The lowest BCUT2D eigenvalue weighted by atomic mass is 9.81. The van der Waals surface area contributed by atoms with Crippen molar-refractivity contribution < 1.29 is 14.7 Å². The van der Waals surface area contributed by atoms with E-state index < -0.39 is 5.97 Å². The molecule has 0 heterocycles. The van der Waals surface area contributed by atoms with Crippen molar-refractivity contribution in [1.82, 2.24) is 4.90 Å². The number of aromatic carboxylic acids is 1. The Hall–Kier alpha value is -1.84. The first-order chi connectivity index (χ1) is 9.12. The standard InChI is InChI=1S/C16H23NO3/c1-11(16(2,3)4)14(18)17(5)10-12-6-8-13(9-7-12)15(19)20/h6-9,11H,10H2,1-5H3,(H,19,20). The fourth-order valence-corrected chi connectivity index (χ4v) is 1.81. The van der Waals surface area contributed by atoms with Gasteiger partial charge in [-0.25, -0.2) is 4.79 Å². The van der Waals surface area contributed by atoms with Gasteiger partial charge in [-0.3, -0.25) is 4.79 Å². The van der Waals surface area contributed by atoms with Crippen molar-refractivity contribution in [2.75, 3.05) is 7.05 Å². The Bertz CT molecular complexity index is 485. The molecule has 0 fully saturated rings. The summed E-state index contributed by atoms with van der Waals surface area (Å²) in [6, 6.07) is 6.61. The van der Waals surface area contributed by atoms with Crippen LogP contribution in [-0.2, 0) is 11.3 Å². The first-order valence-electron chi connectivity index (χ1n) is 6.70. The van der Waals surface area contributed by atoms with Crippen LogP contribution in [0.15, 0.2) is 24.3 Å². The number of amides is 1. The summed E-state index contributed by atoms with van der Waals surface area (Å²) in [4.78, 5) is 24.8. The highest BCUT2D eigenvalue weighted by atomic mass is 16.4. The third-order valence-corrected chi connectivity index (χ3v) is 3.67. The molecule has 1 unspecified atom stereocenters. The Labute approximate surface area is 120 Å². The molecule has 1 aromatic carbocycles. The lowest BCUT2D eigenvalue weighted by molar-refractivity contribution is -0.137. The number of benzene rings is 1. The van der Waals surface area contributed by atoms with Gasteiger partial charge in [0, 0.05) is 19.5 Å². The highest BCUT2D eigenvalue weighted by molar-refractivity contribution is 5.87. The monoisotopic (exact) mass is 277 g/mol. The fraction of sp³-hybridized carbons (Fsp3) is 0.500. The normalized spacial score (nSPS) is 12.8. The number of nitrogens with zero attached hydrogens (tertiary/aromatic N) is 1. The zero-order valence-corrected chi connectivity index (χ0v) is 12.8. The van der Waals surface area contributed by atoms with Crippen LogP contribution in [0.1, 0.15) is 43.6 Å². The second kappa shape index (κ2) is 6.07. The molecule has 0 aliphatic rings. The molecular formula is C16H23NO3. The number of rotatable bonds is 4. The maximum atomic E-state index is 12.3. The quantitative estimate of drug-likeness (QED) is 0.920. The van der Waals surface area contributed by atoms with Gasteiger partial charge < -0.3 is 10.0 Å². The third kappa shape index (κ3) is 4.08. The maximum Gasteiger partial charge on any atom is 0.335 e. The zero-order chi connectivity index (χ0) is 15.5. The molecule has 1 N–H and O–H groups in total. The molecule has 20 heavy (non-hydrogen) atoms. The zero-order valence-electron chi connectivity index (χ0n) is 12.8. The van der Waals surface area contributed by atoms with E-state index in [9.17, 15) is 9.59 Å².